The summed E-state index contributed by atoms with van der Waals surface area (Å²) >= 11 is 0. The Morgan fingerprint density at radius 3 is 2.31 bits per heavy atom. The van der Waals surface area contributed by atoms with Crippen molar-refractivity contribution >= 4 is 11.8 Å². The highest BCUT2D eigenvalue weighted by molar-refractivity contribution is 5.43. The summed E-state index contributed by atoms with van der Waals surface area (Å²) in [6.07, 6.45) is 0. The molecule has 0 aliphatic rings. The lowest BCUT2D eigenvalue weighted by Gasteiger charge is -2.20. The van der Waals surface area contributed by atoms with E-state index in [1.165, 1.54) is 0 Å². The molecule has 90 valence electrons. The Balaban J connectivity index is 3.12. The normalized spacial score (nSPS) is 10.6. The van der Waals surface area contributed by atoms with Crippen molar-refractivity contribution in [2.24, 2.45) is 0 Å². The van der Waals surface area contributed by atoms with Crippen LogP contribution >= 0.6 is 0 Å². The van der Waals surface area contributed by atoms with E-state index < -0.39 is 0 Å². The zero-order valence-corrected chi connectivity index (χ0v) is 10.9. The van der Waals surface area contributed by atoms with Gasteiger partial charge in [-0.1, -0.05) is 13.8 Å². The highest BCUT2D eigenvalue weighted by Crippen LogP contribution is 2.19. The SMILES string of the molecule is CCN(CC)c1nc(NC)cc(C(C)C)n1. The molecule has 0 bridgehead atoms. The van der Waals surface area contributed by atoms with E-state index in [9.17, 15) is 0 Å². The maximum absolute atomic E-state index is 4.60. The topological polar surface area (TPSA) is 41.1 Å². The van der Waals surface area contributed by atoms with E-state index >= 15 is 0 Å². The van der Waals surface area contributed by atoms with Gasteiger partial charge in [-0.05, 0) is 19.8 Å². The first-order valence-corrected chi connectivity index (χ1v) is 5.94. The summed E-state index contributed by atoms with van der Waals surface area (Å²) in [7, 11) is 1.89. The molecule has 0 radical (unpaired) electrons. The number of rotatable bonds is 5. The van der Waals surface area contributed by atoms with E-state index in [0.29, 0.717) is 5.92 Å². The molecule has 0 fully saturated rings. The Hall–Kier alpha value is -1.32. The van der Waals surface area contributed by atoms with Crippen molar-refractivity contribution in [2.75, 3.05) is 30.4 Å². The van der Waals surface area contributed by atoms with Gasteiger partial charge < -0.3 is 10.2 Å². The average molecular weight is 222 g/mol. The second kappa shape index (κ2) is 5.68. The molecule has 1 heterocycles. The van der Waals surface area contributed by atoms with Crippen LogP contribution in [0.15, 0.2) is 6.07 Å². The summed E-state index contributed by atoms with van der Waals surface area (Å²) in [5.74, 6) is 2.13. The van der Waals surface area contributed by atoms with Gasteiger partial charge >= 0.3 is 0 Å². The molecule has 4 heteroatoms. The molecule has 0 amide bonds. The van der Waals surface area contributed by atoms with Gasteiger partial charge in [0, 0.05) is 26.2 Å². The van der Waals surface area contributed by atoms with Crippen LogP contribution in [-0.4, -0.2) is 30.1 Å². The maximum Gasteiger partial charge on any atom is 0.227 e. The van der Waals surface area contributed by atoms with Gasteiger partial charge in [0.25, 0.3) is 0 Å². The molecule has 0 saturated carbocycles. The molecule has 0 aliphatic heterocycles. The van der Waals surface area contributed by atoms with Crippen molar-refractivity contribution in [3.63, 3.8) is 0 Å². The quantitative estimate of drug-likeness (QED) is 0.831. The molecule has 0 spiro atoms. The lowest BCUT2D eigenvalue weighted by Crippen LogP contribution is -2.25. The van der Waals surface area contributed by atoms with Crippen LogP contribution in [0.5, 0.6) is 0 Å². The fraction of sp³-hybridized carbons (Fsp3) is 0.667. The van der Waals surface area contributed by atoms with E-state index in [1.807, 2.05) is 13.1 Å². The van der Waals surface area contributed by atoms with Gasteiger partial charge in [0.15, 0.2) is 0 Å². The van der Waals surface area contributed by atoms with Gasteiger partial charge in [0.05, 0.1) is 5.69 Å². The summed E-state index contributed by atoms with van der Waals surface area (Å²) in [5, 5.41) is 3.09. The molecule has 1 rings (SSSR count). The van der Waals surface area contributed by atoms with Gasteiger partial charge in [-0.2, -0.15) is 4.98 Å². The third-order valence-electron chi connectivity index (χ3n) is 2.63. The predicted octanol–water partition coefficient (Wildman–Crippen LogP) is 2.49. The monoisotopic (exact) mass is 222 g/mol. The van der Waals surface area contributed by atoms with Crippen molar-refractivity contribution in [1.82, 2.24) is 9.97 Å². The Kier molecular flexibility index (Phi) is 4.52. The first kappa shape index (κ1) is 12.7. The molecular weight excluding hydrogens is 200 g/mol. The molecule has 1 aromatic heterocycles. The number of hydrogen-bond donors (Lipinski definition) is 1. The minimum Gasteiger partial charge on any atom is -0.373 e. The Bertz CT molecular complexity index is 332. The number of anilines is 2. The van der Waals surface area contributed by atoms with Crippen LogP contribution in [0, 0.1) is 0 Å². The Labute approximate surface area is 98.1 Å². The Morgan fingerprint density at radius 2 is 1.88 bits per heavy atom. The third-order valence-corrected chi connectivity index (χ3v) is 2.63. The van der Waals surface area contributed by atoms with E-state index in [0.717, 1.165) is 30.5 Å². The molecular formula is C12H22N4. The summed E-state index contributed by atoms with van der Waals surface area (Å²) in [6.45, 7) is 10.4. The summed E-state index contributed by atoms with van der Waals surface area (Å²) < 4.78 is 0. The zero-order chi connectivity index (χ0) is 12.1. The number of nitrogens with zero attached hydrogens (tertiary/aromatic N) is 3. The van der Waals surface area contributed by atoms with E-state index in [-0.39, 0.29) is 0 Å². The predicted molar refractivity (Wildman–Crippen MR) is 69.2 cm³/mol. The molecule has 0 saturated heterocycles. The summed E-state index contributed by atoms with van der Waals surface area (Å²) in [5.41, 5.74) is 1.08. The molecule has 0 aromatic carbocycles. The fourth-order valence-corrected chi connectivity index (χ4v) is 1.52. The van der Waals surface area contributed by atoms with Gasteiger partial charge in [0.2, 0.25) is 5.95 Å². The minimum atomic E-state index is 0.421. The number of hydrogen-bond acceptors (Lipinski definition) is 4. The van der Waals surface area contributed by atoms with Crippen LogP contribution in [0.25, 0.3) is 0 Å². The maximum atomic E-state index is 4.60. The van der Waals surface area contributed by atoms with Crippen LogP contribution < -0.4 is 10.2 Å². The Morgan fingerprint density at radius 1 is 1.25 bits per heavy atom. The second-order valence-electron chi connectivity index (χ2n) is 4.06. The van der Waals surface area contributed by atoms with Gasteiger partial charge in [0.1, 0.15) is 5.82 Å². The van der Waals surface area contributed by atoms with Crippen LogP contribution in [0.2, 0.25) is 0 Å². The molecule has 1 aromatic rings. The molecule has 4 nitrogen and oxygen atoms in total. The van der Waals surface area contributed by atoms with Crippen LogP contribution in [-0.2, 0) is 0 Å². The lowest BCUT2D eigenvalue weighted by molar-refractivity contribution is 0.775. The summed E-state index contributed by atoms with van der Waals surface area (Å²) in [6, 6.07) is 2.01. The van der Waals surface area contributed by atoms with Gasteiger partial charge in [-0.3, -0.25) is 0 Å². The van der Waals surface area contributed by atoms with E-state index in [4.69, 9.17) is 0 Å². The minimum absolute atomic E-state index is 0.421. The van der Waals surface area contributed by atoms with Crippen LogP contribution in [0.3, 0.4) is 0 Å². The first-order chi connectivity index (χ1) is 7.62. The standard InChI is InChI=1S/C12H22N4/c1-6-16(7-2)12-14-10(9(3)4)8-11(13-5)15-12/h8-9H,6-7H2,1-5H3,(H,13,14,15). The van der Waals surface area contributed by atoms with Crippen molar-refractivity contribution in [3.8, 4) is 0 Å². The van der Waals surface area contributed by atoms with Crippen LogP contribution in [0.4, 0.5) is 11.8 Å². The van der Waals surface area contributed by atoms with Crippen molar-refractivity contribution in [1.29, 1.82) is 0 Å². The number of nitrogens with one attached hydrogen (secondary N) is 1. The zero-order valence-electron chi connectivity index (χ0n) is 10.9. The largest absolute Gasteiger partial charge is 0.373 e. The average Bonchev–Trinajstić information content (AvgIpc) is 2.30. The van der Waals surface area contributed by atoms with E-state index in [1.54, 1.807) is 0 Å². The molecule has 1 N–H and O–H groups in total. The summed E-state index contributed by atoms with van der Waals surface area (Å²) in [4.78, 5) is 11.2. The van der Waals surface area contributed by atoms with Gasteiger partial charge in [-0.15, -0.1) is 0 Å². The smallest absolute Gasteiger partial charge is 0.227 e. The van der Waals surface area contributed by atoms with E-state index in [2.05, 4.69) is 47.9 Å². The first-order valence-electron chi connectivity index (χ1n) is 5.94. The van der Waals surface area contributed by atoms with Crippen LogP contribution in [0.1, 0.15) is 39.3 Å². The molecule has 0 atom stereocenters. The highest BCUT2D eigenvalue weighted by Gasteiger charge is 2.10. The van der Waals surface area contributed by atoms with Crippen molar-refractivity contribution < 1.29 is 0 Å². The second-order valence-corrected chi connectivity index (χ2v) is 4.06. The van der Waals surface area contributed by atoms with Crippen molar-refractivity contribution in [2.45, 2.75) is 33.6 Å². The number of aromatic nitrogens is 2. The van der Waals surface area contributed by atoms with Gasteiger partial charge in [-0.25, -0.2) is 4.98 Å². The molecule has 16 heavy (non-hydrogen) atoms. The molecule has 0 aliphatic carbocycles. The third kappa shape index (κ3) is 2.84. The molecule has 0 unspecified atom stereocenters. The lowest BCUT2D eigenvalue weighted by atomic mass is 10.1. The van der Waals surface area contributed by atoms with Crippen molar-refractivity contribution in [3.05, 3.63) is 11.8 Å². The highest BCUT2D eigenvalue weighted by atomic mass is 15.3. The fourth-order valence-electron chi connectivity index (χ4n) is 1.52.